The van der Waals surface area contributed by atoms with Crippen LogP contribution in [0.4, 0.5) is 5.69 Å². The van der Waals surface area contributed by atoms with E-state index in [9.17, 15) is 9.59 Å². The van der Waals surface area contributed by atoms with Crippen LogP contribution in [0.15, 0.2) is 18.2 Å². The molecule has 1 aliphatic heterocycles. The van der Waals surface area contributed by atoms with E-state index in [2.05, 4.69) is 5.32 Å². The number of rotatable bonds is 3. The van der Waals surface area contributed by atoms with Gasteiger partial charge in [-0.1, -0.05) is 23.2 Å². The number of hydrogen-bond donors (Lipinski definition) is 1. The van der Waals surface area contributed by atoms with E-state index in [1.807, 2.05) is 4.90 Å². The van der Waals surface area contributed by atoms with Gasteiger partial charge in [-0.05, 0) is 87.3 Å². The van der Waals surface area contributed by atoms with Gasteiger partial charge in [0.05, 0.1) is 16.1 Å². The number of nitrogens with zero attached hydrogens (tertiary/aromatic N) is 1. The smallest absolute Gasteiger partial charge is 0.247 e. The third-order valence-electron chi connectivity index (χ3n) is 7.50. The first-order valence-corrected chi connectivity index (χ1v) is 11.3. The van der Waals surface area contributed by atoms with Crippen LogP contribution in [0.25, 0.3) is 0 Å². The molecule has 1 aromatic rings. The first kappa shape index (κ1) is 18.7. The maximum Gasteiger partial charge on any atom is 0.247 e. The minimum absolute atomic E-state index is 0.139. The Morgan fingerprint density at radius 3 is 2.29 bits per heavy atom. The van der Waals surface area contributed by atoms with Crippen molar-refractivity contribution < 1.29 is 9.59 Å². The monoisotopic (exact) mass is 420 g/mol. The highest BCUT2D eigenvalue weighted by Gasteiger charge is 2.56. The molecule has 6 heteroatoms. The van der Waals surface area contributed by atoms with Gasteiger partial charge in [-0.2, -0.15) is 0 Å². The van der Waals surface area contributed by atoms with Crippen molar-refractivity contribution in [1.29, 1.82) is 0 Å². The molecule has 150 valence electrons. The van der Waals surface area contributed by atoms with Gasteiger partial charge in [-0.25, -0.2) is 0 Å². The third-order valence-corrected chi connectivity index (χ3v) is 8.05. The highest BCUT2D eigenvalue weighted by molar-refractivity contribution is 6.36. The fourth-order valence-corrected chi connectivity index (χ4v) is 7.22. The second kappa shape index (κ2) is 6.91. The predicted molar refractivity (Wildman–Crippen MR) is 110 cm³/mol. The molecule has 0 aromatic heterocycles. The van der Waals surface area contributed by atoms with Crippen molar-refractivity contribution in [2.45, 2.75) is 57.4 Å². The molecule has 1 unspecified atom stereocenters. The number of benzene rings is 1. The summed E-state index contributed by atoms with van der Waals surface area (Å²) >= 11 is 12.2. The maximum atomic E-state index is 13.7. The molecule has 5 fully saturated rings. The molecular formula is C22H26Cl2N2O2. The van der Waals surface area contributed by atoms with E-state index in [-0.39, 0.29) is 17.2 Å². The van der Waals surface area contributed by atoms with Crippen LogP contribution in [0.3, 0.4) is 0 Å². The SMILES string of the molecule is O=C(Nc1ccc(Cl)cc1Cl)C1CCCN1C(=O)C12CC3CC(CC(C3)C1)C2. The lowest BCUT2D eigenvalue weighted by atomic mass is 9.49. The van der Waals surface area contributed by atoms with Gasteiger partial charge in [0, 0.05) is 11.6 Å². The Morgan fingerprint density at radius 2 is 1.68 bits per heavy atom. The van der Waals surface area contributed by atoms with E-state index in [1.54, 1.807) is 18.2 Å². The predicted octanol–water partition coefficient (Wildman–Crippen LogP) is 5.14. The van der Waals surface area contributed by atoms with E-state index in [0.717, 1.165) is 49.9 Å². The van der Waals surface area contributed by atoms with Crippen LogP contribution in [0.1, 0.15) is 51.4 Å². The molecule has 1 aromatic carbocycles. The van der Waals surface area contributed by atoms with Crippen molar-refractivity contribution in [2.75, 3.05) is 11.9 Å². The summed E-state index contributed by atoms with van der Waals surface area (Å²) in [5, 5.41) is 3.86. The lowest BCUT2D eigenvalue weighted by Gasteiger charge is -2.56. The largest absolute Gasteiger partial charge is 0.330 e. The number of anilines is 1. The van der Waals surface area contributed by atoms with Crippen LogP contribution in [0.5, 0.6) is 0 Å². The van der Waals surface area contributed by atoms with Crippen LogP contribution < -0.4 is 5.32 Å². The average Bonchev–Trinajstić information content (AvgIpc) is 3.12. The summed E-state index contributed by atoms with van der Waals surface area (Å²) in [5.74, 6) is 2.26. The van der Waals surface area contributed by atoms with Gasteiger partial charge in [0.1, 0.15) is 6.04 Å². The number of halogens is 2. The topological polar surface area (TPSA) is 49.4 Å². The summed E-state index contributed by atoms with van der Waals surface area (Å²) in [7, 11) is 0. The van der Waals surface area contributed by atoms with E-state index < -0.39 is 6.04 Å². The Balaban J connectivity index is 1.34. The lowest BCUT2D eigenvalue weighted by Crippen LogP contribution is -2.56. The minimum Gasteiger partial charge on any atom is -0.330 e. The van der Waals surface area contributed by atoms with Crippen LogP contribution in [0.2, 0.25) is 10.0 Å². The zero-order chi connectivity index (χ0) is 19.5. The van der Waals surface area contributed by atoms with Crippen molar-refractivity contribution in [3.05, 3.63) is 28.2 Å². The summed E-state index contributed by atoms with van der Waals surface area (Å²) in [4.78, 5) is 28.6. The number of likely N-dealkylation sites (tertiary alicyclic amines) is 1. The van der Waals surface area contributed by atoms with Crippen LogP contribution in [-0.2, 0) is 9.59 Å². The molecule has 4 bridgehead atoms. The lowest BCUT2D eigenvalue weighted by molar-refractivity contribution is -0.160. The van der Waals surface area contributed by atoms with E-state index in [1.165, 1.54) is 19.3 Å². The summed E-state index contributed by atoms with van der Waals surface area (Å²) in [5.41, 5.74) is 0.348. The Bertz CT molecular complexity index is 789. The molecule has 1 atom stereocenters. The molecule has 1 heterocycles. The second-order valence-electron chi connectivity index (χ2n) is 9.47. The number of carbonyl (C=O) groups excluding carboxylic acids is 2. The van der Waals surface area contributed by atoms with Gasteiger partial charge in [0.15, 0.2) is 0 Å². The van der Waals surface area contributed by atoms with E-state index in [0.29, 0.717) is 22.3 Å². The van der Waals surface area contributed by atoms with Crippen molar-refractivity contribution in [3.63, 3.8) is 0 Å². The molecule has 4 nitrogen and oxygen atoms in total. The van der Waals surface area contributed by atoms with Gasteiger partial charge >= 0.3 is 0 Å². The van der Waals surface area contributed by atoms with E-state index >= 15 is 0 Å². The number of nitrogens with one attached hydrogen (secondary N) is 1. The highest BCUT2D eigenvalue weighted by atomic mass is 35.5. The van der Waals surface area contributed by atoms with Gasteiger partial charge in [0.2, 0.25) is 11.8 Å². The molecule has 1 saturated heterocycles. The second-order valence-corrected chi connectivity index (χ2v) is 10.3. The molecule has 1 N–H and O–H groups in total. The summed E-state index contributed by atoms with van der Waals surface area (Å²) in [6, 6.07) is 4.64. The number of hydrogen-bond acceptors (Lipinski definition) is 2. The van der Waals surface area contributed by atoms with Crippen LogP contribution >= 0.6 is 23.2 Å². The average molecular weight is 421 g/mol. The first-order chi connectivity index (χ1) is 13.4. The fraction of sp³-hybridized carbons (Fsp3) is 0.636. The number of carbonyl (C=O) groups is 2. The molecular weight excluding hydrogens is 395 g/mol. The number of amides is 2. The van der Waals surface area contributed by atoms with E-state index in [4.69, 9.17) is 23.2 Å². The maximum absolute atomic E-state index is 13.7. The quantitative estimate of drug-likeness (QED) is 0.735. The zero-order valence-corrected chi connectivity index (χ0v) is 17.4. The summed E-state index contributed by atoms with van der Waals surface area (Å²) in [6.07, 6.45) is 8.63. The zero-order valence-electron chi connectivity index (χ0n) is 15.9. The van der Waals surface area contributed by atoms with Crippen molar-refractivity contribution in [1.82, 2.24) is 4.90 Å². The Hall–Kier alpha value is -1.26. The van der Waals surface area contributed by atoms with Gasteiger partial charge < -0.3 is 10.2 Å². The Labute approximate surface area is 175 Å². The van der Waals surface area contributed by atoms with Crippen LogP contribution in [0, 0.1) is 23.2 Å². The Morgan fingerprint density at radius 1 is 1.04 bits per heavy atom. The normalized spacial score (nSPS) is 36.0. The van der Waals surface area contributed by atoms with Gasteiger partial charge in [-0.15, -0.1) is 0 Å². The molecule has 0 spiro atoms. The van der Waals surface area contributed by atoms with Crippen molar-refractivity contribution in [2.24, 2.45) is 23.2 Å². The summed E-state index contributed by atoms with van der Waals surface area (Å²) < 4.78 is 0. The van der Waals surface area contributed by atoms with Gasteiger partial charge in [0.25, 0.3) is 0 Å². The molecule has 2 amide bonds. The third kappa shape index (κ3) is 3.13. The Kier molecular flexibility index (Phi) is 4.63. The minimum atomic E-state index is -0.396. The molecule has 4 aliphatic carbocycles. The molecule has 4 saturated carbocycles. The van der Waals surface area contributed by atoms with Crippen molar-refractivity contribution in [3.8, 4) is 0 Å². The standard InChI is InChI=1S/C22H26Cl2N2O2/c23-16-3-4-18(17(24)9-16)25-20(27)19-2-1-5-26(19)21(28)22-10-13-6-14(11-22)8-15(7-13)12-22/h3-4,9,13-15,19H,1-2,5-8,10-12H2,(H,25,27). The first-order valence-electron chi connectivity index (χ1n) is 10.5. The molecule has 6 rings (SSSR count). The molecule has 28 heavy (non-hydrogen) atoms. The summed E-state index contributed by atoms with van der Waals surface area (Å²) in [6.45, 7) is 0.688. The van der Waals surface area contributed by atoms with Gasteiger partial charge in [-0.3, -0.25) is 9.59 Å². The highest BCUT2D eigenvalue weighted by Crippen LogP contribution is 2.60. The molecule has 0 radical (unpaired) electrons. The van der Waals surface area contributed by atoms with Crippen LogP contribution in [-0.4, -0.2) is 29.3 Å². The molecule has 5 aliphatic rings. The fourth-order valence-electron chi connectivity index (χ4n) is 6.77. The van der Waals surface area contributed by atoms with Crippen molar-refractivity contribution >= 4 is 40.7 Å².